The number of para-hydroxylation sites is 2. The molecule has 156 valence electrons. The summed E-state index contributed by atoms with van der Waals surface area (Å²) in [6.45, 7) is 0. The first-order valence-electron chi connectivity index (χ1n) is 10.0. The van der Waals surface area contributed by atoms with Crippen molar-refractivity contribution in [3.8, 4) is 0 Å². The number of carbonyl (C=O) groups is 2. The molecule has 8 heteroatoms. The minimum Gasteiger partial charge on any atom is -0.550 e. The SMILES string of the molecule is O=C([O-])CCCc1c[nH]c2ccccc12.O=C([O-])CCCc1cc2ccccc2[nH]1.[Na+].[Na+]. The molecule has 32 heavy (non-hydrogen) atoms. The number of H-pyrrole nitrogens is 2. The van der Waals surface area contributed by atoms with Gasteiger partial charge in [0.25, 0.3) is 0 Å². The van der Waals surface area contributed by atoms with Gasteiger partial charge in [-0.2, -0.15) is 0 Å². The Morgan fingerprint density at radius 1 is 0.781 bits per heavy atom. The van der Waals surface area contributed by atoms with Gasteiger partial charge in [0.05, 0.1) is 0 Å². The van der Waals surface area contributed by atoms with Crippen LogP contribution in [0.4, 0.5) is 0 Å². The number of carboxylic acids is 2. The van der Waals surface area contributed by atoms with Crippen LogP contribution in [0.2, 0.25) is 0 Å². The molecule has 0 aliphatic carbocycles. The third kappa shape index (κ3) is 8.77. The molecule has 4 aromatic rings. The van der Waals surface area contributed by atoms with Crippen molar-refractivity contribution in [2.24, 2.45) is 0 Å². The van der Waals surface area contributed by atoms with Crippen LogP contribution < -0.4 is 69.3 Å². The molecular formula is C24H24N2Na2O4. The Bertz CT molecular complexity index is 1100. The van der Waals surface area contributed by atoms with Gasteiger partial charge in [0.2, 0.25) is 0 Å². The van der Waals surface area contributed by atoms with Gasteiger partial charge >= 0.3 is 59.1 Å². The van der Waals surface area contributed by atoms with Crippen molar-refractivity contribution in [1.82, 2.24) is 9.97 Å². The number of aliphatic carboxylic acids is 2. The second-order valence-corrected chi connectivity index (χ2v) is 7.19. The van der Waals surface area contributed by atoms with Crippen molar-refractivity contribution in [3.05, 3.63) is 72.1 Å². The van der Waals surface area contributed by atoms with Gasteiger partial charge in [0.1, 0.15) is 0 Å². The van der Waals surface area contributed by atoms with Crippen LogP contribution in [0.25, 0.3) is 21.8 Å². The normalized spacial score (nSPS) is 10.0. The average molecular weight is 450 g/mol. The first-order chi connectivity index (χ1) is 14.5. The van der Waals surface area contributed by atoms with E-state index in [0.717, 1.165) is 29.6 Å². The van der Waals surface area contributed by atoms with Gasteiger partial charge in [-0.05, 0) is 67.7 Å². The molecule has 0 atom stereocenters. The first-order valence-corrected chi connectivity index (χ1v) is 10.0. The molecule has 2 N–H and O–H groups in total. The van der Waals surface area contributed by atoms with E-state index < -0.39 is 11.9 Å². The van der Waals surface area contributed by atoms with Crippen LogP contribution >= 0.6 is 0 Å². The summed E-state index contributed by atoms with van der Waals surface area (Å²) in [6.07, 6.45) is 4.97. The minimum atomic E-state index is -0.980. The van der Waals surface area contributed by atoms with Gasteiger partial charge in [-0.3, -0.25) is 0 Å². The number of carbonyl (C=O) groups excluding carboxylic acids is 2. The maximum absolute atomic E-state index is 10.3. The van der Waals surface area contributed by atoms with E-state index in [1.54, 1.807) is 0 Å². The minimum absolute atomic E-state index is 0. The van der Waals surface area contributed by atoms with Gasteiger partial charge in [-0.1, -0.05) is 36.4 Å². The Kier molecular flexibility index (Phi) is 13.0. The fraction of sp³-hybridized carbons (Fsp3) is 0.250. The number of aryl methyl sites for hydroxylation is 2. The molecule has 0 bridgehead atoms. The largest absolute Gasteiger partial charge is 1.00 e. The Balaban J connectivity index is 0.000000301. The molecule has 2 aromatic heterocycles. The zero-order valence-electron chi connectivity index (χ0n) is 18.6. The summed E-state index contributed by atoms with van der Waals surface area (Å²) in [4.78, 5) is 26.9. The number of aromatic amines is 2. The summed E-state index contributed by atoms with van der Waals surface area (Å²) in [5.41, 5.74) is 4.45. The molecule has 0 saturated carbocycles. The molecule has 6 nitrogen and oxygen atoms in total. The van der Waals surface area contributed by atoms with Gasteiger partial charge in [-0.25, -0.2) is 0 Å². The van der Waals surface area contributed by atoms with Gasteiger partial charge in [0.15, 0.2) is 0 Å². The van der Waals surface area contributed by atoms with Crippen molar-refractivity contribution < 1.29 is 78.9 Å². The van der Waals surface area contributed by atoms with Crippen LogP contribution in [-0.4, -0.2) is 21.9 Å². The van der Waals surface area contributed by atoms with Crippen molar-refractivity contribution in [2.75, 3.05) is 0 Å². The number of benzene rings is 2. The van der Waals surface area contributed by atoms with E-state index >= 15 is 0 Å². The molecule has 0 saturated heterocycles. The number of rotatable bonds is 8. The number of fused-ring (bicyclic) bond motifs is 2. The summed E-state index contributed by atoms with van der Waals surface area (Å²) in [7, 11) is 0. The number of hydrogen-bond donors (Lipinski definition) is 2. The van der Waals surface area contributed by atoms with Gasteiger partial charge in [0, 0.05) is 40.2 Å². The molecule has 0 spiro atoms. The van der Waals surface area contributed by atoms with Crippen LogP contribution in [0.15, 0.2) is 60.8 Å². The zero-order chi connectivity index (χ0) is 21.3. The van der Waals surface area contributed by atoms with Crippen molar-refractivity contribution in [3.63, 3.8) is 0 Å². The van der Waals surface area contributed by atoms with E-state index in [2.05, 4.69) is 16.0 Å². The van der Waals surface area contributed by atoms with Crippen LogP contribution in [0.1, 0.15) is 36.9 Å². The predicted molar refractivity (Wildman–Crippen MR) is 112 cm³/mol. The molecule has 4 rings (SSSR count). The molecule has 2 aromatic carbocycles. The second kappa shape index (κ2) is 14.6. The van der Waals surface area contributed by atoms with Crippen LogP contribution in [0.5, 0.6) is 0 Å². The monoisotopic (exact) mass is 450 g/mol. The number of aromatic nitrogens is 2. The summed E-state index contributed by atoms with van der Waals surface area (Å²) < 4.78 is 0. The maximum Gasteiger partial charge on any atom is 1.00 e. The quantitative estimate of drug-likeness (QED) is 0.271. The Labute approximate surface area is 231 Å². The zero-order valence-corrected chi connectivity index (χ0v) is 22.6. The molecule has 0 fully saturated rings. The Hall–Kier alpha value is -1.54. The Morgan fingerprint density at radius 2 is 1.38 bits per heavy atom. The topological polar surface area (TPSA) is 112 Å². The summed E-state index contributed by atoms with van der Waals surface area (Å²) >= 11 is 0. The van der Waals surface area contributed by atoms with Gasteiger partial charge in [-0.15, -0.1) is 0 Å². The van der Waals surface area contributed by atoms with Gasteiger partial charge < -0.3 is 29.8 Å². The van der Waals surface area contributed by atoms with Crippen molar-refractivity contribution >= 4 is 33.7 Å². The van der Waals surface area contributed by atoms with Crippen LogP contribution in [-0.2, 0) is 22.4 Å². The smallest absolute Gasteiger partial charge is 0.550 e. The maximum atomic E-state index is 10.3. The molecule has 0 aliphatic heterocycles. The van der Waals surface area contributed by atoms with E-state index in [4.69, 9.17) is 0 Å². The number of nitrogens with one attached hydrogen (secondary N) is 2. The number of carboxylic acid groups (broad SMARTS) is 2. The van der Waals surface area contributed by atoms with E-state index in [1.165, 1.54) is 16.3 Å². The summed E-state index contributed by atoms with van der Waals surface area (Å²) in [5, 5.41) is 22.9. The van der Waals surface area contributed by atoms with E-state index in [0.29, 0.717) is 12.8 Å². The second-order valence-electron chi connectivity index (χ2n) is 7.19. The van der Waals surface area contributed by atoms with Crippen molar-refractivity contribution in [2.45, 2.75) is 38.5 Å². The fourth-order valence-corrected chi connectivity index (χ4v) is 3.45. The molecule has 0 radical (unpaired) electrons. The molecule has 0 unspecified atom stereocenters. The van der Waals surface area contributed by atoms with E-state index in [-0.39, 0.29) is 72.0 Å². The summed E-state index contributed by atoms with van der Waals surface area (Å²) in [5.74, 6) is -1.96. The molecule has 2 heterocycles. The fourth-order valence-electron chi connectivity index (χ4n) is 3.45. The predicted octanol–water partition coefficient (Wildman–Crippen LogP) is -3.51. The third-order valence-electron chi connectivity index (χ3n) is 4.91. The van der Waals surface area contributed by atoms with E-state index in [1.807, 2.05) is 54.7 Å². The number of hydrogen-bond acceptors (Lipinski definition) is 4. The first kappa shape index (κ1) is 28.5. The Morgan fingerprint density at radius 3 is 2.03 bits per heavy atom. The molecule has 0 aliphatic rings. The third-order valence-corrected chi connectivity index (χ3v) is 4.91. The molecule has 0 amide bonds. The molecular weight excluding hydrogens is 426 g/mol. The van der Waals surface area contributed by atoms with Crippen LogP contribution in [0, 0.1) is 0 Å². The average Bonchev–Trinajstić information content (AvgIpc) is 3.32. The standard InChI is InChI=1S/2C12H13NO2.2Na/c14-12(15)7-3-4-9-8-13-11-6-2-1-5-10(9)11;14-12(15)7-3-5-10-8-9-4-1-2-6-11(9)13-10;;/h1-2,5-6,8,13H,3-4,7H2,(H,14,15);1-2,4,6,8,13H,3,5,7H2,(H,14,15);;/q;;2*+1/p-2. The van der Waals surface area contributed by atoms with Crippen molar-refractivity contribution in [1.29, 1.82) is 0 Å². The van der Waals surface area contributed by atoms with Crippen LogP contribution in [0.3, 0.4) is 0 Å². The van der Waals surface area contributed by atoms with E-state index in [9.17, 15) is 19.8 Å². The summed E-state index contributed by atoms with van der Waals surface area (Å²) in [6, 6.07) is 18.1.